The zero-order valence-electron chi connectivity index (χ0n) is 17.2. The van der Waals surface area contributed by atoms with E-state index < -0.39 is 29.7 Å². The Bertz CT molecular complexity index is 1320. The van der Waals surface area contributed by atoms with Crippen LogP contribution in [0.2, 0.25) is 10.0 Å². The highest BCUT2D eigenvalue weighted by Gasteiger charge is 2.59. The summed E-state index contributed by atoms with van der Waals surface area (Å²) >= 11 is 12.2. The van der Waals surface area contributed by atoms with E-state index in [-0.39, 0.29) is 24.0 Å². The summed E-state index contributed by atoms with van der Waals surface area (Å²) in [5.74, 6) is -1.86. The van der Waals surface area contributed by atoms with Gasteiger partial charge in [0.2, 0.25) is 11.8 Å². The number of aliphatic carboxylic acids is 1. The molecule has 33 heavy (non-hydrogen) atoms. The van der Waals surface area contributed by atoms with Crippen LogP contribution >= 0.6 is 23.2 Å². The number of rotatable bonds is 4. The molecule has 168 valence electrons. The van der Waals surface area contributed by atoms with Crippen molar-refractivity contribution in [3.63, 3.8) is 0 Å². The predicted octanol–water partition coefficient (Wildman–Crippen LogP) is 3.25. The highest BCUT2D eigenvalue weighted by Crippen LogP contribution is 2.52. The highest BCUT2D eigenvalue weighted by atomic mass is 35.5. The molecule has 1 spiro atoms. The van der Waals surface area contributed by atoms with Gasteiger partial charge in [0.15, 0.2) is 5.82 Å². The van der Waals surface area contributed by atoms with Crippen LogP contribution in [0, 0.1) is 0 Å². The van der Waals surface area contributed by atoms with Crippen molar-refractivity contribution in [1.82, 2.24) is 15.0 Å². The molecule has 0 saturated carbocycles. The van der Waals surface area contributed by atoms with Crippen LogP contribution in [0.1, 0.15) is 36.2 Å². The third-order valence-corrected chi connectivity index (χ3v) is 6.60. The number of anilines is 2. The van der Waals surface area contributed by atoms with Crippen molar-refractivity contribution in [3.8, 4) is 0 Å². The number of nitrogens with one attached hydrogen (secondary N) is 1. The largest absolute Gasteiger partial charge is 0.480 e. The average Bonchev–Trinajstić information content (AvgIpc) is 3.28. The second-order valence-electron chi connectivity index (χ2n) is 8.04. The Hall–Kier alpha value is -3.43. The Morgan fingerprint density at radius 1 is 1.18 bits per heavy atom. The number of carboxylic acids is 1. The molecule has 0 aliphatic carbocycles. The van der Waals surface area contributed by atoms with Crippen LogP contribution in [0.25, 0.3) is 0 Å². The minimum absolute atomic E-state index is 0.240. The zero-order valence-corrected chi connectivity index (χ0v) is 18.8. The Morgan fingerprint density at radius 2 is 1.88 bits per heavy atom. The summed E-state index contributed by atoms with van der Waals surface area (Å²) in [5, 5.41) is 21.7. The average molecular weight is 486 g/mol. The van der Waals surface area contributed by atoms with Gasteiger partial charge >= 0.3 is 5.97 Å². The number of aromatic nitrogens is 3. The fourth-order valence-corrected chi connectivity index (χ4v) is 4.88. The molecule has 9 nitrogen and oxygen atoms in total. The maximum atomic E-state index is 13.7. The molecule has 1 aromatic heterocycles. The van der Waals surface area contributed by atoms with Crippen LogP contribution in [-0.4, -0.2) is 44.4 Å². The van der Waals surface area contributed by atoms with Crippen LogP contribution in [0.5, 0.6) is 0 Å². The lowest BCUT2D eigenvalue weighted by molar-refractivity contribution is -0.137. The van der Waals surface area contributed by atoms with Gasteiger partial charge in [-0.2, -0.15) is 0 Å². The van der Waals surface area contributed by atoms with Gasteiger partial charge in [0, 0.05) is 15.7 Å². The van der Waals surface area contributed by atoms with E-state index >= 15 is 0 Å². The van der Waals surface area contributed by atoms with Gasteiger partial charge < -0.3 is 10.4 Å². The molecule has 0 saturated heterocycles. The molecule has 5 rings (SSSR count). The van der Waals surface area contributed by atoms with Crippen molar-refractivity contribution in [3.05, 3.63) is 69.3 Å². The van der Waals surface area contributed by atoms with Crippen molar-refractivity contribution in [2.45, 2.75) is 24.8 Å². The highest BCUT2D eigenvalue weighted by molar-refractivity contribution is 6.31. The number of fused-ring (bicyclic) bond motifs is 4. The van der Waals surface area contributed by atoms with Crippen LogP contribution in [0.4, 0.5) is 11.5 Å². The maximum absolute atomic E-state index is 13.7. The smallest absolute Gasteiger partial charge is 0.323 e. The number of hydrogen-bond donors (Lipinski definition) is 2. The molecule has 0 radical (unpaired) electrons. The minimum atomic E-state index is -1.52. The SMILES string of the molecule is C[C@@H](c1ccc(Cl)cc1)n1nnc2c1NC(=O)C[C@]21C(=O)N(CC(=O)O)c2ccc(Cl)cc21. The molecule has 0 fully saturated rings. The number of carbonyl (C=O) groups excluding carboxylic acids is 2. The minimum Gasteiger partial charge on any atom is -0.480 e. The molecular weight excluding hydrogens is 469 g/mol. The first-order chi connectivity index (χ1) is 15.7. The van der Waals surface area contributed by atoms with E-state index in [4.69, 9.17) is 23.2 Å². The van der Waals surface area contributed by atoms with Gasteiger partial charge in [-0.25, -0.2) is 4.68 Å². The van der Waals surface area contributed by atoms with Crippen molar-refractivity contribution >= 4 is 52.5 Å². The van der Waals surface area contributed by atoms with Crippen molar-refractivity contribution in [2.24, 2.45) is 0 Å². The number of carboxylic acid groups (broad SMARTS) is 1. The van der Waals surface area contributed by atoms with E-state index in [0.717, 1.165) is 10.5 Å². The van der Waals surface area contributed by atoms with Crippen LogP contribution in [0.3, 0.4) is 0 Å². The van der Waals surface area contributed by atoms with E-state index in [1.54, 1.807) is 30.3 Å². The quantitative estimate of drug-likeness (QED) is 0.585. The van der Waals surface area contributed by atoms with Crippen molar-refractivity contribution in [2.75, 3.05) is 16.8 Å². The monoisotopic (exact) mass is 485 g/mol. The number of carbonyl (C=O) groups is 3. The number of hydrogen-bond acceptors (Lipinski definition) is 5. The first kappa shape index (κ1) is 21.4. The Morgan fingerprint density at radius 3 is 2.58 bits per heavy atom. The summed E-state index contributed by atoms with van der Waals surface area (Å²) in [6.45, 7) is 1.32. The molecule has 11 heteroatoms. The molecule has 0 bridgehead atoms. The number of halogens is 2. The van der Waals surface area contributed by atoms with Crippen LogP contribution in [0.15, 0.2) is 42.5 Å². The lowest BCUT2D eigenvalue weighted by atomic mass is 9.73. The van der Waals surface area contributed by atoms with E-state index in [1.807, 2.05) is 19.1 Å². The predicted molar refractivity (Wildman–Crippen MR) is 121 cm³/mol. The van der Waals surface area contributed by atoms with Gasteiger partial charge in [0.05, 0.1) is 12.5 Å². The van der Waals surface area contributed by atoms with E-state index in [0.29, 0.717) is 21.3 Å². The summed E-state index contributed by atoms with van der Waals surface area (Å²) in [5.41, 5.74) is 0.418. The molecule has 2 aliphatic rings. The molecular formula is C22H17Cl2N5O4. The molecule has 0 unspecified atom stereocenters. The molecule has 2 amide bonds. The Labute approximate surface area is 197 Å². The third-order valence-electron chi connectivity index (χ3n) is 6.11. The third kappa shape index (κ3) is 3.19. The molecule has 2 aromatic carbocycles. The zero-order chi connectivity index (χ0) is 23.5. The van der Waals surface area contributed by atoms with Crippen LogP contribution < -0.4 is 10.2 Å². The van der Waals surface area contributed by atoms with Gasteiger partial charge in [0.25, 0.3) is 0 Å². The van der Waals surface area contributed by atoms with E-state index in [2.05, 4.69) is 15.6 Å². The second-order valence-corrected chi connectivity index (χ2v) is 8.91. The fourth-order valence-electron chi connectivity index (χ4n) is 4.58. The summed E-state index contributed by atoms with van der Waals surface area (Å²) in [6, 6.07) is 11.6. The van der Waals surface area contributed by atoms with Crippen LogP contribution in [-0.2, 0) is 19.8 Å². The van der Waals surface area contributed by atoms with E-state index in [9.17, 15) is 19.5 Å². The first-order valence-electron chi connectivity index (χ1n) is 10.1. The molecule has 3 heterocycles. The van der Waals surface area contributed by atoms with Gasteiger partial charge in [-0.05, 0) is 48.4 Å². The summed E-state index contributed by atoms with van der Waals surface area (Å²) in [4.78, 5) is 39.3. The van der Waals surface area contributed by atoms with Gasteiger partial charge in [-0.3, -0.25) is 19.3 Å². The maximum Gasteiger partial charge on any atom is 0.323 e. The molecule has 2 N–H and O–H groups in total. The summed E-state index contributed by atoms with van der Waals surface area (Å²) in [7, 11) is 0. The summed E-state index contributed by atoms with van der Waals surface area (Å²) in [6.07, 6.45) is -0.240. The molecule has 2 atom stereocenters. The standard InChI is InChI=1S/C22H17Cl2N5O4/c1-11(12-2-4-13(23)5-3-12)29-20-19(26-27-29)22(9-17(30)25-20)15-8-14(24)6-7-16(15)28(21(22)33)10-18(31)32/h2-8,11H,9-10H2,1H3,(H,25,30)(H,31,32)/t11-,22+/m0/s1. The lowest BCUT2D eigenvalue weighted by Gasteiger charge is -2.31. The number of nitrogens with zero attached hydrogens (tertiary/aromatic N) is 4. The second kappa shape index (κ2) is 7.57. The summed E-state index contributed by atoms with van der Waals surface area (Å²) < 4.78 is 1.54. The van der Waals surface area contributed by atoms with Gasteiger partial charge in [-0.1, -0.05) is 40.5 Å². The normalized spacial score (nSPS) is 19.9. The fraction of sp³-hybridized carbons (Fsp3) is 0.227. The van der Waals surface area contributed by atoms with Gasteiger partial charge in [-0.15, -0.1) is 5.10 Å². The van der Waals surface area contributed by atoms with Gasteiger partial charge in [0.1, 0.15) is 17.7 Å². The molecule has 3 aromatic rings. The first-order valence-corrected chi connectivity index (χ1v) is 10.8. The van der Waals surface area contributed by atoms with Crippen molar-refractivity contribution in [1.29, 1.82) is 0 Å². The molecule has 2 aliphatic heterocycles. The number of amides is 2. The Balaban J connectivity index is 1.70. The van der Waals surface area contributed by atoms with E-state index in [1.165, 1.54) is 4.68 Å². The number of benzene rings is 2. The lowest BCUT2D eigenvalue weighted by Crippen LogP contribution is -2.48. The Kier molecular flexibility index (Phi) is 4.91. The topological polar surface area (TPSA) is 117 Å². The van der Waals surface area contributed by atoms with Crippen molar-refractivity contribution < 1.29 is 19.5 Å².